The molecule has 142 valence electrons. The first kappa shape index (κ1) is 20.6. The lowest BCUT2D eigenvalue weighted by molar-refractivity contribution is -0.159. The Morgan fingerprint density at radius 1 is 1.12 bits per heavy atom. The van der Waals surface area contributed by atoms with Gasteiger partial charge in [-0.25, -0.2) is 9.59 Å². The average molecular weight is 396 g/mol. The molecule has 0 spiro atoms. The van der Waals surface area contributed by atoms with Gasteiger partial charge in [-0.2, -0.15) is 0 Å². The normalized spacial score (nSPS) is 18.0. The monoisotopic (exact) mass is 395 g/mol. The third-order valence-corrected chi connectivity index (χ3v) is 6.57. The number of rotatable bonds is 5. The minimum Gasteiger partial charge on any atom is -0.473 e. The molecule has 1 saturated heterocycles. The smallest absolute Gasteiger partial charge is 0.414 e. The Hall–Kier alpha value is -1.70. The van der Waals surface area contributed by atoms with Gasteiger partial charge in [0.2, 0.25) is 0 Å². The van der Waals surface area contributed by atoms with Crippen LogP contribution in [0.4, 0.5) is 0 Å². The Labute approximate surface area is 161 Å². The summed E-state index contributed by atoms with van der Waals surface area (Å²) in [5.41, 5.74) is 0. The standard InChI is InChI=1S/C17H23NS2.C2H2O4/c1-13(15-6-2-3-9-18-15)12-14(16-7-4-10-19-16)17-8-5-11-20-17;3-1(4)2(5)6/h4-5,7-8,10-11,13-15,18H,2-3,6,9,12H2,1H3;(H,3,4)(H,5,6). The summed E-state index contributed by atoms with van der Waals surface area (Å²) in [7, 11) is 0. The number of hydrogen-bond donors (Lipinski definition) is 3. The van der Waals surface area contributed by atoms with Crippen molar-refractivity contribution >= 4 is 34.6 Å². The molecule has 1 aliphatic heterocycles. The third kappa shape index (κ3) is 6.23. The molecule has 3 heterocycles. The van der Waals surface area contributed by atoms with Gasteiger partial charge in [0.1, 0.15) is 0 Å². The van der Waals surface area contributed by atoms with Crippen molar-refractivity contribution in [2.24, 2.45) is 5.92 Å². The van der Waals surface area contributed by atoms with E-state index in [4.69, 9.17) is 19.8 Å². The Bertz CT molecular complexity index is 618. The lowest BCUT2D eigenvalue weighted by atomic mass is 9.85. The molecule has 0 aromatic carbocycles. The van der Waals surface area contributed by atoms with Crippen LogP contribution in [0.5, 0.6) is 0 Å². The Balaban J connectivity index is 0.000000352. The molecule has 0 saturated carbocycles. The zero-order chi connectivity index (χ0) is 18.9. The van der Waals surface area contributed by atoms with E-state index in [1.54, 1.807) is 0 Å². The summed E-state index contributed by atoms with van der Waals surface area (Å²) >= 11 is 3.81. The minimum atomic E-state index is -1.82. The van der Waals surface area contributed by atoms with Crippen molar-refractivity contribution in [2.45, 2.75) is 44.6 Å². The van der Waals surface area contributed by atoms with E-state index in [-0.39, 0.29) is 0 Å². The van der Waals surface area contributed by atoms with E-state index in [0.29, 0.717) is 12.0 Å². The highest BCUT2D eigenvalue weighted by Crippen LogP contribution is 2.37. The van der Waals surface area contributed by atoms with Crippen molar-refractivity contribution in [1.82, 2.24) is 5.32 Å². The first-order chi connectivity index (χ1) is 12.5. The number of thiophene rings is 2. The summed E-state index contributed by atoms with van der Waals surface area (Å²) in [6.45, 7) is 3.63. The maximum Gasteiger partial charge on any atom is 0.414 e. The summed E-state index contributed by atoms with van der Waals surface area (Å²) in [4.78, 5) is 21.2. The molecule has 2 aromatic heterocycles. The first-order valence-electron chi connectivity index (χ1n) is 8.75. The number of aliphatic carboxylic acids is 2. The molecule has 1 aliphatic rings. The van der Waals surface area contributed by atoms with Crippen LogP contribution < -0.4 is 5.32 Å². The lowest BCUT2D eigenvalue weighted by Gasteiger charge is -2.31. The van der Waals surface area contributed by atoms with Crippen LogP contribution in [0.1, 0.15) is 48.3 Å². The maximum absolute atomic E-state index is 9.10. The third-order valence-electron chi connectivity index (χ3n) is 4.60. The molecule has 7 heteroatoms. The van der Waals surface area contributed by atoms with Gasteiger partial charge in [-0.1, -0.05) is 25.5 Å². The predicted molar refractivity (Wildman–Crippen MR) is 105 cm³/mol. The number of carboxylic acids is 2. The van der Waals surface area contributed by atoms with Crippen LogP contribution in [0.15, 0.2) is 35.0 Å². The number of nitrogens with one attached hydrogen (secondary N) is 1. The molecule has 0 aliphatic carbocycles. The van der Waals surface area contributed by atoms with Gasteiger partial charge < -0.3 is 15.5 Å². The van der Waals surface area contributed by atoms with Gasteiger partial charge >= 0.3 is 11.9 Å². The van der Waals surface area contributed by atoms with Gasteiger partial charge in [0, 0.05) is 21.7 Å². The molecule has 2 atom stereocenters. The van der Waals surface area contributed by atoms with Crippen molar-refractivity contribution in [2.75, 3.05) is 6.54 Å². The molecule has 3 rings (SSSR count). The number of hydrogen-bond acceptors (Lipinski definition) is 5. The van der Waals surface area contributed by atoms with E-state index < -0.39 is 11.9 Å². The highest BCUT2D eigenvalue weighted by Gasteiger charge is 2.25. The predicted octanol–water partition coefficient (Wildman–Crippen LogP) is 4.27. The van der Waals surface area contributed by atoms with Gasteiger partial charge in [-0.3, -0.25) is 0 Å². The fourth-order valence-corrected chi connectivity index (χ4v) is 5.04. The first-order valence-corrected chi connectivity index (χ1v) is 10.5. The van der Waals surface area contributed by atoms with E-state index in [1.165, 1.54) is 42.0 Å². The average Bonchev–Trinajstić information content (AvgIpc) is 3.34. The lowest BCUT2D eigenvalue weighted by Crippen LogP contribution is -2.39. The van der Waals surface area contributed by atoms with Crippen LogP contribution in [0.3, 0.4) is 0 Å². The molecule has 3 N–H and O–H groups in total. The Morgan fingerprint density at radius 3 is 2.08 bits per heavy atom. The van der Waals surface area contributed by atoms with E-state index in [0.717, 1.165) is 5.92 Å². The fraction of sp³-hybridized carbons (Fsp3) is 0.474. The highest BCUT2D eigenvalue weighted by atomic mass is 32.1. The molecular formula is C19H25NO4S2. The van der Waals surface area contributed by atoms with Crippen LogP contribution in [0.25, 0.3) is 0 Å². The van der Waals surface area contributed by atoms with Gasteiger partial charge in [0.15, 0.2) is 0 Å². The van der Waals surface area contributed by atoms with Crippen LogP contribution in [0.2, 0.25) is 0 Å². The molecule has 0 amide bonds. The SMILES string of the molecule is CC(CC(c1cccs1)c1cccs1)C1CCCCN1.O=C(O)C(=O)O. The number of carbonyl (C=O) groups is 2. The second-order valence-electron chi connectivity index (χ2n) is 6.46. The van der Waals surface area contributed by atoms with Crippen molar-refractivity contribution in [3.05, 3.63) is 44.8 Å². The van der Waals surface area contributed by atoms with E-state index in [2.05, 4.69) is 47.3 Å². The van der Waals surface area contributed by atoms with Gasteiger partial charge in [0.25, 0.3) is 0 Å². The highest BCUT2D eigenvalue weighted by molar-refractivity contribution is 7.11. The topological polar surface area (TPSA) is 86.6 Å². The quantitative estimate of drug-likeness (QED) is 0.658. The van der Waals surface area contributed by atoms with Crippen molar-refractivity contribution in [3.63, 3.8) is 0 Å². The molecule has 2 unspecified atom stereocenters. The molecule has 26 heavy (non-hydrogen) atoms. The maximum atomic E-state index is 9.10. The van der Waals surface area contributed by atoms with E-state index in [9.17, 15) is 0 Å². The zero-order valence-corrected chi connectivity index (χ0v) is 16.4. The van der Waals surface area contributed by atoms with Gasteiger partial charge in [-0.15, -0.1) is 22.7 Å². The summed E-state index contributed by atoms with van der Waals surface area (Å²) in [5, 5.41) is 22.9. The fourth-order valence-electron chi connectivity index (χ4n) is 3.25. The zero-order valence-electron chi connectivity index (χ0n) is 14.8. The Morgan fingerprint density at radius 2 is 1.69 bits per heavy atom. The second kappa shape index (κ2) is 10.4. The van der Waals surface area contributed by atoms with E-state index >= 15 is 0 Å². The van der Waals surface area contributed by atoms with E-state index in [1.807, 2.05) is 22.7 Å². The molecule has 0 radical (unpaired) electrons. The summed E-state index contributed by atoms with van der Waals surface area (Å²) in [5.74, 6) is -2.32. The molecule has 5 nitrogen and oxygen atoms in total. The van der Waals surface area contributed by atoms with Crippen LogP contribution >= 0.6 is 22.7 Å². The second-order valence-corrected chi connectivity index (χ2v) is 8.42. The van der Waals surface area contributed by atoms with Gasteiger partial charge in [0.05, 0.1) is 0 Å². The molecule has 2 aromatic rings. The molecule has 1 fully saturated rings. The summed E-state index contributed by atoms with van der Waals surface area (Å²) in [6.07, 6.45) is 5.36. The summed E-state index contributed by atoms with van der Waals surface area (Å²) < 4.78 is 0. The molecule has 0 bridgehead atoms. The Kier molecular flexibility index (Phi) is 8.28. The minimum absolute atomic E-state index is 0.591. The van der Waals surface area contributed by atoms with Crippen LogP contribution in [0, 0.1) is 5.92 Å². The van der Waals surface area contributed by atoms with Crippen LogP contribution in [-0.4, -0.2) is 34.7 Å². The largest absolute Gasteiger partial charge is 0.473 e. The molecular weight excluding hydrogens is 370 g/mol. The van der Waals surface area contributed by atoms with Gasteiger partial charge in [-0.05, 0) is 54.6 Å². The van der Waals surface area contributed by atoms with Crippen molar-refractivity contribution in [3.8, 4) is 0 Å². The summed E-state index contributed by atoms with van der Waals surface area (Å²) in [6, 6.07) is 9.69. The number of piperidine rings is 1. The number of carboxylic acid groups (broad SMARTS) is 2. The van der Waals surface area contributed by atoms with Crippen LogP contribution in [-0.2, 0) is 9.59 Å². The van der Waals surface area contributed by atoms with Crippen molar-refractivity contribution in [1.29, 1.82) is 0 Å². The van der Waals surface area contributed by atoms with Crippen molar-refractivity contribution < 1.29 is 19.8 Å².